The number of ether oxygens (including phenoxy) is 1. The van der Waals surface area contributed by atoms with Crippen molar-refractivity contribution in [1.82, 2.24) is 10.6 Å². The van der Waals surface area contributed by atoms with Gasteiger partial charge in [-0.1, -0.05) is 0 Å². The first kappa shape index (κ1) is 17.4. The largest absolute Gasteiger partial charge is 0.469 e. The molecule has 1 aromatic rings. The molecule has 2 rings (SSSR count). The van der Waals surface area contributed by atoms with E-state index in [4.69, 9.17) is 9.15 Å². The highest BCUT2D eigenvalue weighted by Crippen LogP contribution is 2.26. The number of hydrogen-bond donors (Lipinski definition) is 2. The minimum atomic E-state index is -0.512. The van der Waals surface area contributed by atoms with Gasteiger partial charge in [-0.3, -0.25) is 4.79 Å². The molecular weight excluding hydrogens is 296 g/mol. The number of carbonyl (C=O) groups excluding carboxylic acids is 2. The van der Waals surface area contributed by atoms with Crippen LogP contribution in [-0.2, 0) is 16.1 Å². The summed E-state index contributed by atoms with van der Waals surface area (Å²) in [5.74, 6) is 0.780. The van der Waals surface area contributed by atoms with Crippen molar-refractivity contribution in [3.8, 4) is 0 Å². The van der Waals surface area contributed by atoms with Gasteiger partial charge in [0.15, 0.2) is 0 Å². The Kier molecular flexibility index (Phi) is 5.34. The summed E-state index contributed by atoms with van der Waals surface area (Å²) in [5.41, 5.74) is 0.474. The van der Waals surface area contributed by atoms with Gasteiger partial charge in [-0.25, -0.2) is 4.79 Å². The first-order valence-electron chi connectivity index (χ1n) is 8.05. The zero-order valence-corrected chi connectivity index (χ0v) is 14.3. The number of aryl methyl sites for hydroxylation is 1. The Hall–Kier alpha value is -1.98. The predicted octanol–water partition coefficient (Wildman–Crippen LogP) is 2.90. The number of amides is 2. The van der Waals surface area contributed by atoms with Crippen LogP contribution in [0.25, 0.3) is 0 Å². The van der Waals surface area contributed by atoms with E-state index >= 15 is 0 Å². The van der Waals surface area contributed by atoms with Gasteiger partial charge in [0.2, 0.25) is 5.91 Å². The molecule has 23 heavy (non-hydrogen) atoms. The Bertz CT molecular complexity index is 559. The van der Waals surface area contributed by atoms with Crippen LogP contribution in [0.3, 0.4) is 0 Å². The number of rotatable bonds is 4. The maximum Gasteiger partial charge on any atom is 0.407 e. The summed E-state index contributed by atoms with van der Waals surface area (Å²) < 4.78 is 10.5. The number of nitrogens with one attached hydrogen (secondary N) is 2. The van der Waals surface area contributed by atoms with E-state index in [0.717, 1.165) is 24.2 Å². The molecule has 0 saturated heterocycles. The van der Waals surface area contributed by atoms with Crippen molar-refractivity contribution < 1.29 is 18.7 Å². The quantitative estimate of drug-likeness (QED) is 0.893. The summed E-state index contributed by atoms with van der Waals surface area (Å²) in [6.45, 7) is 7.83. The van der Waals surface area contributed by atoms with Crippen LogP contribution in [0.15, 0.2) is 16.7 Å². The topological polar surface area (TPSA) is 80.6 Å². The second-order valence-electron chi connectivity index (χ2n) is 7.07. The van der Waals surface area contributed by atoms with E-state index in [1.165, 1.54) is 0 Å². The third-order valence-electron chi connectivity index (χ3n) is 3.94. The average molecular weight is 322 g/mol. The third-order valence-corrected chi connectivity index (χ3v) is 3.94. The Labute approximate surface area is 137 Å². The zero-order valence-electron chi connectivity index (χ0n) is 14.3. The molecule has 128 valence electrons. The summed E-state index contributed by atoms with van der Waals surface area (Å²) in [6, 6.07) is 1.85. The number of hydrogen-bond acceptors (Lipinski definition) is 4. The maximum absolute atomic E-state index is 12.2. The molecule has 6 nitrogen and oxygen atoms in total. The highest BCUT2D eigenvalue weighted by atomic mass is 16.6. The van der Waals surface area contributed by atoms with E-state index in [-0.39, 0.29) is 17.9 Å². The predicted molar refractivity (Wildman–Crippen MR) is 85.8 cm³/mol. The normalized spacial score (nSPS) is 21.0. The van der Waals surface area contributed by atoms with Crippen molar-refractivity contribution in [3.63, 3.8) is 0 Å². The van der Waals surface area contributed by atoms with E-state index in [1.54, 1.807) is 6.26 Å². The van der Waals surface area contributed by atoms with Crippen LogP contribution in [0.1, 0.15) is 51.4 Å². The molecule has 1 saturated carbocycles. The van der Waals surface area contributed by atoms with Gasteiger partial charge in [-0.15, -0.1) is 0 Å². The Morgan fingerprint density at radius 2 is 2.09 bits per heavy atom. The van der Waals surface area contributed by atoms with E-state index in [2.05, 4.69) is 10.6 Å². The van der Waals surface area contributed by atoms with Gasteiger partial charge in [0, 0.05) is 24.1 Å². The molecule has 0 aliphatic heterocycles. The monoisotopic (exact) mass is 322 g/mol. The molecule has 1 fully saturated rings. The van der Waals surface area contributed by atoms with Gasteiger partial charge in [0.1, 0.15) is 11.4 Å². The first-order chi connectivity index (χ1) is 10.7. The Morgan fingerprint density at radius 3 is 2.70 bits per heavy atom. The fourth-order valence-corrected chi connectivity index (χ4v) is 2.75. The molecule has 1 aliphatic rings. The van der Waals surface area contributed by atoms with Crippen LogP contribution in [0, 0.1) is 12.8 Å². The lowest BCUT2D eigenvalue weighted by molar-refractivity contribution is -0.125. The van der Waals surface area contributed by atoms with Gasteiger partial charge in [-0.2, -0.15) is 0 Å². The average Bonchev–Trinajstić information content (AvgIpc) is 3.03. The van der Waals surface area contributed by atoms with Crippen LogP contribution >= 0.6 is 0 Å². The molecule has 6 heteroatoms. The van der Waals surface area contributed by atoms with Gasteiger partial charge in [-0.05, 0) is 53.0 Å². The van der Waals surface area contributed by atoms with Crippen LogP contribution in [0.2, 0.25) is 0 Å². The minimum absolute atomic E-state index is 0.00346. The summed E-state index contributed by atoms with van der Waals surface area (Å²) in [6.07, 6.45) is 3.42. The van der Waals surface area contributed by atoms with E-state index < -0.39 is 11.7 Å². The molecule has 2 atom stereocenters. The molecule has 2 unspecified atom stereocenters. The Morgan fingerprint density at radius 1 is 1.35 bits per heavy atom. The molecule has 0 radical (unpaired) electrons. The number of alkyl carbamates (subject to hydrolysis) is 1. The van der Waals surface area contributed by atoms with Crippen molar-refractivity contribution in [2.75, 3.05) is 0 Å². The highest BCUT2D eigenvalue weighted by Gasteiger charge is 2.31. The zero-order chi connectivity index (χ0) is 17.0. The SMILES string of the molecule is Cc1occc1CNC(=O)C1CCC(NC(=O)OC(C)(C)C)C1. The first-order valence-corrected chi connectivity index (χ1v) is 8.05. The van der Waals surface area contributed by atoms with Crippen LogP contribution < -0.4 is 10.6 Å². The lowest BCUT2D eigenvalue weighted by Gasteiger charge is -2.21. The smallest absolute Gasteiger partial charge is 0.407 e. The Balaban J connectivity index is 1.75. The fourth-order valence-electron chi connectivity index (χ4n) is 2.75. The third kappa shape index (κ3) is 5.30. The van der Waals surface area contributed by atoms with Crippen molar-refractivity contribution in [1.29, 1.82) is 0 Å². The fraction of sp³-hybridized carbons (Fsp3) is 0.647. The van der Waals surface area contributed by atoms with E-state index in [1.807, 2.05) is 33.8 Å². The summed E-state index contributed by atoms with van der Waals surface area (Å²) >= 11 is 0. The standard InChI is InChI=1S/C17H26N2O4/c1-11-13(7-8-22-11)10-18-15(20)12-5-6-14(9-12)19-16(21)23-17(2,3)4/h7-8,12,14H,5-6,9-10H2,1-4H3,(H,18,20)(H,19,21). The van der Waals surface area contributed by atoms with Gasteiger partial charge in [0.05, 0.1) is 6.26 Å². The van der Waals surface area contributed by atoms with Crippen molar-refractivity contribution >= 4 is 12.0 Å². The summed E-state index contributed by atoms with van der Waals surface area (Å²) in [7, 11) is 0. The lowest BCUT2D eigenvalue weighted by atomic mass is 10.1. The number of carbonyl (C=O) groups is 2. The molecular formula is C17H26N2O4. The van der Waals surface area contributed by atoms with E-state index in [0.29, 0.717) is 13.0 Å². The van der Waals surface area contributed by atoms with Crippen molar-refractivity contribution in [2.24, 2.45) is 5.92 Å². The second kappa shape index (κ2) is 7.06. The van der Waals surface area contributed by atoms with Gasteiger partial charge in [0.25, 0.3) is 0 Å². The van der Waals surface area contributed by atoms with Crippen LogP contribution in [-0.4, -0.2) is 23.6 Å². The summed E-state index contributed by atoms with van der Waals surface area (Å²) in [5, 5.41) is 5.78. The van der Waals surface area contributed by atoms with Gasteiger partial charge >= 0.3 is 6.09 Å². The van der Waals surface area contributed by atoms with Gasteiger partial charge < -0.3 is 19.8 Å². The number of furan rings is 1. The highest BCUT2D eigenvalue weighted by molar-refractivity contribution is 5.79. The maximum atomic E-state index is 12.2. The van der Waals surface area contributed by atoms with Crippen molar-refractivity contribution in [3.05, 3.63) is 23.7 Å². The molecule has 1 aliphatic carbocycles. The van der Waals surface area contributed by atoms with E-state index in [9.17, 15) is 9.59 Å². The van der Waals surface area contributed by atoms with Crippen LogP contribution in [0.4, 0.5) is 4.79 Å². The van der Waals surface area contributed by atoms with Crippen LogP contribution in [0.5, 0.6) is 0 Å². The molecule has 1 aromatic heterocycles. The molecule has 0 bridgehead atoms. The lowest BCUT2D eigenvalue weighted by Crippen LogP contribution is -2.38. The summed E-state index contributed by atoms with van der Waals surface area (Å²) in [4.78, 5) is 24.0. The molecule has 2 amide bonds. The molecule has 1 heterocycles. The molecule has 0 spiro atoms. The molecule has 0 aromatic carbocycles. The minimum Gasteiger partial charge on any atom is -0.469 e. The van der Waals surface area contributed by atoms with Crippen molar-refractivity contribution in [2.45, 2.75) is 65.1 Å². The second-order valence-corrected chi connectivity index (χ2v) is 7.07. The molecule has 2 N–H and O–H groups in total.